The highest BCUT2D eigenvalue weighted by Gasteiger charge is 2.48. The van der Waals surface area contributed by atoms with Gasteiger partial charge in [0.15, 0.2) is 5.69 Å². The highest BCUT2D eigenvalue weighted by molar-refractivity contribution is 6.13. The Balaban J connectivity index is 1.40. The number of aromatic nitrogens is 2. The normalized spacial score (nSPS) is 18.4. The monoisotopic (exact) mass is 501 g/mol. The lowest BCUT2D eigenvalue weighted by molar-refractivity contribution is -0.133. The average molecular weight is 502 g/mol. The van der Waals surface area contributed by atoms with E-state index in [0.29, 0.717) is 26.1 Å². The molecule has 9 nitrogen and oxygen atoms in total. The smallest absolute Gasteiger partial charge is 0.279 e. The van der Waals surface area contributed by atoms with Gasteiger partial charge in [-0.25, -0.2) is 4.98 Å². The van der Waals surface area contributed by atoms with Crippen LogP contribution in [0.15, 0.2) is 54.9 Å². The quantitative estimate of drug-likeness (QED) is 0.537. The van der Waals surface area contributed by atoms with E-state index in [4.69, 9.17) is 4.74 Å². The number of nitrogens with one attached hydrogen (secondary N) is 1. The summed E-state index contributed by atoms with van der Waals surface area (Å²) in [6.07, 6.45) is 2.94. The SMILES string of the molecule is CCCN1C(=O)c2c(C(=O)N3CCc4ccccc43)ncn2CC1(C)C(=O)NCc1ccc(OC)cc1. The average Bonchev–Trinajstić information content (AvgIpc) is 3.54. The summed E-state index contributed by atoms with van der Waals surface area (Å²) in [4.78, 5) is 48.5. The number of anilines is 1. The molecular formula is C28H31N5O4. The van der Waals surface area contributed by atoms with Gasteiger partial charge in [-0.2, -0.15) is 0 Å². The van der Waals surface area contributed by atoms with E-state index in [1.165, 1.54) is 6.33 Å². The number of carbonyl (C=O) groups excluding carboxylic acids is 3. The fourth-order valence-corrected chi connectivity index (χ4v) is 5.21. The molecule has 0 radical (unpaired) electrons. The number of amides is 3. The van der Waals surface area contributed by atoms with Gasteiger partial charge >= 0.3 is 0 Å². The van der Waals surface area contributed by atoms with Crippen LogP contribution in [0.5, 0.6) is 5.75 Å². The van der Waals surface area contributed by atoms with E-state index in [-0.39, 0.29) is 35.7 Å². The van der Waals surface area contributed by atoms with Crippen LogP contribution in [-0.2, 0) is 24.3 Å². The number of imidazole rings is 1. The standard InChI is InChI=1S/C28H31N5O4/c1-4-14-33-26(35)24-23(25(34)32-15-13-20-7-5-6-8-22(20)32)30-18-31(24)17-28(33,2)27(36)29-16-19-9-11-21(37-3)12-10-19/h5-12,18H,4,13-17H2,1-3H3,(H,29,36). The first-order valence-electron chi connectivity index (χ1n) is 12.6. The van der Waals surface area contributed by atoms with E-state index >= 15 is 0 Å². The zero-order chi connectivity index (χ0) is 26.2. The molecule has 3 aromatic rings. The van der Waals surface area contributed by atoms with E-state index in [9.17, 15) is 14.4 Å². The minimum absolute atomic E-state index is 0.128. The summed E-state index contributed by atoms with van der Waals surface area (Å²) in [7, 11) is 1.60. The topological polar surface area (TPSA) is 96.8 Å². The lowest BCUT2D eigenvalue weighted by Crippen LogP contribution is -2.64. The van der Waals surface area contributed by atoms with Gasteiger partial charge in [-0.15, -0.1) is 0 Å². The first kappa shape index (κ1) is 24.5. The molecule has 3 amide bonds. The second kappa shape index (κ2) is 9.72. The van der Waals surface area contributed by atoms with E-state index in [2.05, 4.69) is 10.3 Å². The van der Waals surface area contributed by atoms with Crippen LogP contribution in [0.25, 0.3) is 0 Å². The van der Waals surface area contributed by atoms with Crippen LogP contribution in [0.4, 0.5) is 5.69 Å². The minimum Gasteiger partial charge on any atom is -0.497 e. The third-order valence-electron chi connectivity index (χ3n) is 7.24. The molecule has 37 heavy (non-hydrogen) atoms. The van der Waals surface area contributed by atoms with Gasteiger partial charge in [-0.3, -0.25) is 14.4 Å². The van der Waals surface area contributed by atoms with Gasteiger partial charge in [0.2, 0.25) is 5.91 Å². The first-order chi connectivity index (χ1) is 17.9. The summed E-state index contributed by atoms with van der Waals surface area (Å²) < 4.78 is 6.84. The molecule has 1 unspecified atom stereocenters. The number of fused-ring (bicyclic) bond motifs is 2. The van der Waals surface area contributed by atoms with Gasteiger partial charge in [0.1, 0.15) is 17.0 Å². The highest BCUT2D eigenvalue weighted by atomic mass is 16.5. The Hall–Kier alpha value is -4.14. The minimum atomic E-state index is -1.13. The van der Waals surface area contributed by atoms with Crippen LogP contribution in [0.3, 0.4) is 0 Å². The third kappa shape index (κ3) is 4.24. The lowest BCUT2D eigenvalue weighted by atomic mass is 9.93. The van der Waals surface area contributed by atoms with E-state index < -0.39 is 5.54 Å². The molecule has 1 aromatic heterocycles. The fraction of sp³-hybridized carbons (Fsp3) is 0.357. The summed E-state index contributed by atoms with van der Waals surface area (Å²) in [6.45, 7) is 5.19. The van der Waals surface area contributed by atoms with Crippen molar-refractivity contribution in [1.29, 1.82) is 0 Å². The van der Waals surface area contributed by atoms with Crippen molar-refractivity contribution in [3.8, 4) is 5.75 Å². The molecule has 192 valence electrons. The number of hydrogen-bond acceptors (Lipinski definition) is 5. The summed E-state index contributed by atoms with van der Waals surface area (Å²) >= 11 is 0. The number of hydrogen-bond donors (Lipinski definition) is 1. The predicted molar refractivity (Wildman–Crippen MR) is 139 cm³/mol. The second-order valence-corrected chi connectivity index (χ2v) is 9.67. The van der Waals surface area contributed by atoms with E-state index in [1.54, 1.807) is 28.4 Å². The Bertz CT molecular complexity index is 1350. The van der Waals surface area contributed by atoms with Crippen molar-refractivity contribution >= 4 is 23.4 Å². The van der Waals surface area contributed by atoms with Crippen LogP contribution < -0.4 is 15.0 Å². The van der Waals surface area contributed by atoms with Gasteiger partial charge in [0.05, 0.1) is 20.0 Å². The zero-order valence-electron chi connectivity index (χ0n) is 21.4. The van der Waals surface area contributed by atoms with Crippen molar-refractivity contribution in [1.82, 2.24) is 19.8 Å². The van der Waals surface area contributed by atoms with Gasteiger partial charge in [-0.1, -0.05) is 37.3 Å². The predicted octanol–water partition coefficient (Wildman–Crippen LogP) is 3.04. The molecule has 2 aromatic carbocycles. The maximum Gasteiger partial charge on any atom is 0.279 e. The molecule has 0 saturated heterocycles. The van der Waals surface area contributed by atoms with Crippen molar-refractivity contribution < 1.29 is 19.1 Å². The number of methoxy groups -OCH3 is 1. The van der Waals surface area contributed by atoms with Gasteiger partial charge in [-0.05, 0) is 49.1 Å². The maximum absolute atomic E-state index is 13.8. The summed E-state index contributed by atoms with van der Waals surface area (Å²) in [5.41, 5.74) is 2.11. The molecule has 0 bridgehead atoms. The number of benzene rings is 2. The third-order valence-corrected chi connectivity index (χ3v) is 7.24. The number of para-hydroxylation sites is 1. The molecule has 1 N–H and O–H groups in total. The molecule has 0 saturated carbocycles. The van der Waals surface area contributed by atoms with E-state index in [1.807, 2.05) is 55.5 Å². The van der Waals surface area contributed by atoms with Crippen LogP contribution in [0.1, 0.15) is 52.4 Å². The number of ether oxygens (including phenoxy) is 1. The van der Waals surface area contributed by atoms with E-state index in [0.717, 1.165) is 29.0 Å². The zero-order valence-corrected chi connectivity index (χ0v) is 21.4. The summed E-state index contributed by atoms with van der Waals surface area (Å²) in [5.74, 6) is -0.171. The van der Waals surface area contributed by atoms with Crippen molar-refractivity contribution in [3.63, 3.8) is 0 Å². The van der Waals surface area contributed by atoms with Gasteiger partial charge in [0, 0.05) is 25.3 Å². The summed E-state index contributed by atoms with van der Waals surface area (Å²) in [6, 6.07) is 15.2. The van der Waals surface area contributed by atoms with Crippen molar-refractivity contribution in [2.24, 2.45) is 0 Å². The van der Waals surface area contributed by atoms with Gasteiger partial charge in [0.25, 0.3) is 11.8 Å². The Morgan fingerprint density at radius 1 is 1.14 bits per heavy atom. The first-order valence-corrected chi connectivity index (χ1v) is 12.6. The molecule has 2 aliphatic heterocycles. The van der Waals surface area contributed by atoms with Crippen molar-refractivity contribution in [2.45, 2.75) is 45.3 Å². The largest absolute Gasteiger partial charge is 0.497 e. The van der Waals surface area contributed by atoms with Crippen LogP contribution >= 0.6 is 0 Å². The molecule has 2 aliphatic rings. The molecule has 5 rings (SSSR count). The molecule has 0 spiro atoms. The molecule has 9 heteroatoms. The number of nitrogens with zero attached hydrogens (tertiary/aromatic N) is 4. The Morgan fingerprint density at radius 3 is 2.62 bits per heavy atom. The summed E-state index contributed by atoms with van der Waals surface area (Å²) in [5, 5.41) is 2.99. The number of rotatable bonds is 7. The Morgan fingerprint density at radius 2 is 1.89 bits per heavy atom. The Labute approximate surface area is 216 Å². The Kier molecular flexibility index (Phi) is 6.45. The van der Waals surface area contributed by atoms with Crippen LogP contribution in [0.2, 0.25) is 0 Å². The number of carbonyl (C=O) groups is 3. The highest BCUT2D eigenvalue weighted by Crippen LogP contribution is 2.32. The molecule has 0 aliphatic carbocycles. The van der Waals surface area contributed by atoms with Crippen LogP contribution in [0, 0.1) is 0 Å². The molecular weight excluding hydrogens is 470 g/mol. The lowest BCUT2D eigenvalue weighted by Gasteiger charge is -2.43. The maximum atomic E-state index is 13.8. The van der Waals surface area contributed by atoms with Crippen molar-refractivity contribution in [2.75, 3.05) is 25.1 Å². The van der Waals surface area contributed by atoms with Crippen LogP contribution in [-0.4, -0.2) is 57.9 Å². The fourth-order valence-electron chi connectivity index (χ4n) is 5.21. The second-order valence-electron chi connectivity index (χ2n) is 9.67. The van der Waals surface area contributed by atoms with Crippen molar-refractivity contribution in [3.05, 3.63) is 77.4 Å². The molecule has 1 atom stereocenters. The molecule has 0 fully saturated rings. The van der Waals surface area contributed by atoms with Gasteiger partial charge < -0.3 is 24.4 Å². The molecule has 3 heterocycles.